The van der Waals surface area contributed by atoms with Gasteiger partial charge >= 0.3 is 5.97 Å². The van der Waals surface area contributed by atoms with Crippen molar-refractivity contribution in [1.82, 2.24) is 9.80 Å². The fourth-order valence-corrected chi connectivity index (χ4v) is 4.06. The van der Waals surface area contributed by atoms with E-state index in [1.807, 2.05) is 0 Å². The lowest BCUT2D eigenvalue weighted by Crippen LogP contribution is -2.40. The monoisotopic (exact) mass is 448 g/mol. The van der Waals surface area contributed by atoms with Gasteiger partial charge in [-0.2, -0.15) is 0 Å². The molecule has 10 heteroatoms. The van der Waals surface area contributed by atoms with Gasteiger partial charge in [-0.15, -0.1) is 0 Å². The predicted molar refractivity (Wildman–Crippen MR) is 114 cm³/mol. The molecule has 2 heterocycles. The number of likely N-dealkylation sites (tertiary alicyclic amines) is 1. The Balaban J connectivity index is 1.69. The Morgan fingerprint density at radius 3 is 2.58 bits per heavy atom. The third-order valence-corrected chi connectivity index (χ3v) is 5.67. The zero-order valence-electron chi connectivity index (χ0n) is 17.4. The van der Waals surface area contributed by atoms with Gasteiger partial charge in [0.1, 0.15) is 6.54 Å². The van der Waals surface area contributed by atoms with Gasteiger partial charge < -0.3 is 19.1 Å². The Labute approximate surface area is 184 Å². The number of hydrogen-bond donors (Lipinski definition) is 0. The molecule has 2 aliphatic heterocycles. The van der Waals surface area contributed by atoms with Crippen LogP contribution in [0.1, 0.15) is 25.3 Å². The van der Waals surface area contributed by atoms with Gasteiger partial charge in [0.2, 0.25) is 5.91 Å². The predicted octanol–water partition coefficient (Wildman–Crippen LogP) is 2.30. The number of benzene rings is 1. The summed E-state index contributed by atoms with van der Waals surface area (Å²) in [6.45, 7) is 2.79. The summed E-state index contributed by atoms with van der Waals surface area (Å²) in [5.41, 5.74) is 0.608. The summed E-state index contributed by atoms with van der Waals surface area (Å²) in [4.78, 5) is 51.6. The Kier molecular flexibility index (Phi) is 7.56. The Morgan fingerprint density at radius 1 is 1.16 bits per heavy atom. The van der Waals surface area contributed by atoms with E-state index in [0.717, 1.165) is 29.5 Å². The maximum absolute atomic E-state index is 12.7. The molecule has 2 saturated heterocycles. The molecular weight excluding hydrogens is 424 g/mol. The molecule has 0 aliphatic carbocycles. The summed E-state index contributed by atoms with van der Waals surface area (Å²) in [6.07, 6.45) is 3.44. The van der Waals surface area contributed by atoms with Crippen LogP contribution >= 0.6 is 11.8 Å². The van der Waals surface area contributed by atoms with E-state index in [4.69, 9.17) is 14.2 Å². The number of hydrogen-bond acceptors (Lipinski definition) is 8. The van der Waals surface area contributed by atoms with Crippen molar-refractivity contribution in [2.24, 2.45) is 0 Å². The number of carbonyl (C=O) groups is 4. The first kappa shape index (κ1) is 22.7. The lowest BCUT2D eigenvalue weighted by molar-refractivity contribution is -0.145. The topological polar surface area (TPSA) is 102 Å². The van der Waals surface area contributed by atoms with Gasteiger partial charge in [-0.1, -0.05) is 6.07 Å². The maximum atomic E-state index is 12.7. The highest BCUT2D eigenvalue weighted by Gasteiger charge is 2.37. The molecule has 31 heavy (non-hydrogen) atoms. The first-order valence-corrected chi connectivity index (χ1v) is 10.7. The quantitative estimate of drug-likeness (QED) is 0.441. The van der Waals surface area contributed by atoms with Crippen molar-refractivity contribution in [3.8, 4) is 11.5 Å². The van der Waals surface area contributed by atoms with Gasteiger partial charge in [-0.3, -0.25) is 19.3 Å². The molecule has 0 bridgehead atoms. The van der Waals surface area contributed by atoms with Crippen LogP contribution in [0.2, 0.25) is 0 Å². The third kappa shape index (κ3) is 5.57. The highest BCUT2D eigenvalue weighted by molar-refractivity contribution is 8.18. The normalized spacial score (nSPS) is 17.4. The van der Waals surface area contributed by atoms with Crippen LogP contribution in [-0.4, -0.2) is 72.8 Å². The fourth-order valence-electron chi connectivity index (χ4n) is 3.22. The van der Waals surface area contributed by atoms with Crippen LogP contribution in [0.15, 0.2) is 23.1 Å². The minimum atomic E-state index is -0.496. The second-order valence-corrected chi connectivity index (χ2v) is 7.85. The average molecular weight is 448 g/mol. The molecule has 166 valence electrons. The molecule has 2 aliphatic rings. The third-order valence-electron chi connectivity index (χ3n) is 4.76. The number of methoxy groups -OCH3 is 1. The van der Waals surface area contributed by atoms with E-state index in [9.17, 15) is 19.2 Å². The zero-order chi connectivity index (χ0) is 22.4. The smallest absolute Gasteiger partial charge is 0.344 e. The van der Waals surface area contributed by atoms with Gasteiger partial charge in [-0.05, 0) is 55.3 Å². The lowest BCUT2D eigenvalue weighted by atomic mass is 10.2. The van der Waals surface area contributed by atoms with Gasteiger partial charge in [0.05, 0.1) is 18.6 Å². The maximum Gasteiger partial charge on any atom is 0.344 e. The molecular formula is C21H24N2O7S. The van der Waals surface area contributed by atoms with Crippen LogP contribution in [0.5, 0.6) is 11.5 Å². The molecule has 0 atom stereocenters. The van der Waals surface area contributed by atoms with Crippen molar-refractivity contribution in [3.63, 3.8) is 0 Å². The minimum absolute atomic E-state index is 0.217. The molecule has 3 amide bonds. The number of carbonyl (C=O) groups excluding carboxylic acids is 4. The van der Waals surface area contributed by atoms with E-state index in [0.29, 0.717) is 30.2 Å². The second-order valence-electron chi connectivity index (χ2n) is 6.86. The number of amides is 3. The van der Waals surface area contributed by atoms with E-state index in [-0.39, 0.29) is 30.6 Å². The average Bonchev–Trinajstić information content (AvgIpc) is 3.38. The van der Waals surface area contributed by atoms with Crippen molar-refractivity contribution in [3.05, 3.63) is 28.7 Å². The van der Waals surface area contributed by atoms with E-state index >= 15 is 0 Å². The van der Waals surface area contributed by atoms with Gasteiger partial charge in [0.15, 0.2) is 18.1 Å². The number of rotatable bonds is 8. The molecule has 2 fully saturated rings. The standard InChI is InChI=1S/C21H24N2O7S/c1-3-29-19(25)13-30-15-7-6-14(10-16(15)28-2)11-17-20(26)23(21(27)31-17)12-18(24)22-8-4-5-9-22/h6-7,10-11H,3-5,8-9,12-13H2,1-2H3/b17-11-. The highest BCUT2D eigenvalue weighted by Crippen LogP contribution is 2.34. The van der Waals surface area contributed by atoms with Crippen LogP contribution in [0.3, 0.4) is 0 Å². The van der Waals surface area contributed by atoms with Crippen molar-refractivity contribution in [2.45, 2.75) is 19.8 Å². The first-order chi connectivity index (χ1) is 14.9. The number of nitrogens with zero attached hydrogens (tertiary/aromatic N) is 2. The van der Waals surface area contributed by atoms with Crippen LogP contribution in [0.25, 0.3) is 6.08 Å². The van der Waals surface area contributed by atoms with Crippen LogP contribution in [-0.2, 0) is 19.1 Å². The summed E-state index contributed by atoms with van der Waals surface area (Å²) in [7, 11) is 1.45. The lowest BCUT2D eigenvalue weighted by Gasteiger charge is -2.18. The van der Waals surface area contributed by atoms with Crippen molar-refractivity contribution in [1.29, 1.82) is 0 Å². The Morgan fingerprint density at radius 2 is 1.90 bits per heavy atom. The molecule has 3 rings (SSSR count). The molecule has 1 aromatic rings. The summed E-state index contributed by atoms with van der Waals surface area (Å²) in [5, 5.41) is -0.467. The van der Waals surface area contributed by atoms with Crippen LogP contribution < -0.4 is 9.47 Å². The molecule has 0 unspecified atom stereocenters. The molecule has 0 aromatic heterocycles. The Hall–Kier alpha value is -3.01. The molecule has 1 aromatic carbocycles. The van der Waals surface area contributed by atoms with Crippen molar-refractivity contribution in [2.75, 3.05) is 40.0 Å². The first-order valence-electron chi connectivity index (χ1n) is 9.92. The van der Waals surface area contributed by atoms with Gasteiger partial charge in [0.25, 0.3) is 11.1 Å². The molecule has 9 nitrogen and oxygen atoms in total. The molecule has 0 saturated carbocycles. The molecule has 0 N–H and O–H groups in total. The Bertz CT molecular complexity index is 909. The largest absolute Gasteiger partial charge is 0.493 e. The second kappa shape index (κ2) is 10.3. The minimum Gasteiger partial charge on any atom is -0.493 e. The SMILES string of the molecule is CCOC(=O)COc1ccc(/C=C2\SC(=O)N(CC(=O)N3CCCC3)C2=O)cc1OC. The highest BCUT2D eigenvalue weighted by atomic mass is 32.2. The number of esters is 1. The number of imide groups is 1. The molecule has 0 spiro atoms. The van der Waals surface area contributed by atoms with Crippen molar-refractivity contribution >= 4 is 40.9 Å². The summed E-state index contributed by atoms with van der Waals surface area (Å²) in [6, 6.07) is 4.90. The molecule has 0 radical (unpaired) electrons. The van der Waals surface area contributed by atoms with Crippen LogP contribution in [0.4, 0.5) is 4.79 Å². The fraction of sp³-hybridized carbons (Fsp3) is 0.429. The van der Waals surface area contributed by atoms with Crippen molar-refractivity contribution < 1.29 is 33.4 Å². The van der Waals surface area contributed by atoms with E-state index < -0.39 is 17.1 Å². The van der Waals surface area contributed by atoms with Gasteiger partial charge in [-0.25, -0.2) is 4.79 Å². The zero-order valence-corrected chi connectivity index (χ0v) is 18.2. The summed E-state index contributed by atoms with van der Waals surface area (Å²) < 4.78 is 15.5. The van der Waals surface area contributed by atoms with Crippen LogP contribution in [0, 0.1) is 0 Å². The van der Waals surface area contributed by atoms with E-state index in [2.05, 4.69) is 0 Å². The summed E-state index contributed by atoms with van der Waals surface area (Å²) in [5.74, 6) is -0.501. The van der Waals surface area contributed by atoms with Gasteiger partial charge in [0, 0.05) is 13.1 Å². The number of ether oxygens (including phenoxy) is 3. The van der Waals surface area contributed by atoms with E-state index in [1.165, 1.54) is 7.11 Å². The summed E-state index contributed by atoms with van der Waals surface area (Å²) >= 11 is 0.793. The number of thioether (sulfide) groups is 1. The van der Waals surface area contributed by atoms with E-state index in [1.54, 1.807) is 36.1 Å².